The van der Waals surface area contributed by atoms with Gasteiger partial charge >= 0.3 is 12.4 Å². The van der Waals surface area contributed by atoms with Crippen LogP contribution < -0.4 is 11.5 Å². The van der Waals surface area contributed by atoms with E-state index in [1.165, 1.54) is 0 Å². The first-order valence-corrected chi connectivity index (χ1v) is 15.2. The molecular formula is C15H8Cl16F6N2. The molecular weight excluding hydrogens is 889 g/mol. The van der Waals surface area contributed by atoms with E-state index in [9.17, 15) is 0 Å². The molecule has 2 rings (SSSR count). The third-order valence-electron chi connectivity index (χ3n) is 6.71. The van der Waals surface area contributed by atoms with Gasteiger partial charge in [-0.15, -0.1) is 23.2 Å². The monoisotopic (exact) mass is 890 g/mol. The average molecular weight is 897 g/mol. The molecule has 2 aliphatic carbocycles. The highest BCUT2D eigenvalue weighted by Crippen LogP contribution is 2.83. The van der Waals surface area contributed by atoms with Crippen molar-refractivity contribution in [3.05, 3.63) is 0 Å². The summed E-state index contributed by atoms with van der Waals surface area (Å²) in [7, 11) is 0. The molecule has 0 aromatic carbocycles. The molecule has 0 bridgehead atoms. The summed E-state index contributed by atoms with van der Waals surface area (Å²) in [6, 6.07) is 0. The number of rotatable bonds is 2. The van der Waals surface area contributed by atoms with Gasteiger partial charge in [-0.1, -0.05) is 162 Å². The molecule has 0 saturated heterocycles. The van der Waals surface area contributed by atoms with Crippen molar-refractivity contribution in [3.63, 3.8) is 0 Å². The molecule has 4 unspecified atom stereocenters. The van der Waals surface area contributed by atoms with E-state index in [1.54, 1.807) is 0 Å². The lowest BCUT2D eigenvalue weighted by molar-refractivity contribution is -0.372. The van der Waals surface area contributed by atoms with Gasteiger partial charge in [0.1, 0.15) is 9.75 Å². The molecule has 2 nitrogen and oxygen atoms in total. The van der Waals surface area contributed by atoms with Crippen molar-refractivity contribution in [2.24, 2.45) is 16.9 Å². The van der Waals surface area contributed by atoms with Gasteiger partial charge < -0.3 is 11.5 Å². The van der Waals surface area contributed by atoms with E-state index in [0.29, 0.717) is 0 Å². The van der Waals surface area contributed by atoms with E-state index in [0.717, 1.165) is 0 Å². The van der Waals surface area contributed by atoms with Crippen LogP contribution in [0.4, 0.5) is 26.3 Å². The van der Waals surface area contributed by atoms with E-state index < -0.39 is 76.4 Å². The van der Waals surface area contributed by atoms with Crippen LogP contribution in [-0.2, 0) is 0 Å². The summed E-state index contributed by atoms with van der Waals surface area (Å²) >= 11 is 97.2. The molecule has 4 atom stereocenters. The molecule has 2 aliphatic rings. The highest BCUT2D eigenvalue weighted by molar-refractivity contribution is 6.71. The van der Waals surface area contributed by atoms with Crippen LogP contribution in [0.5, 0.6) is 0 Å². The van der Waals surface area contributed by atoms with Gasteiger partial charge in [0.2, 0.25) is 5.41 Å². The zero-order valence-electron chi connectivity index (χ0n) is 17.4. The van der Waals surface area contributed by atoms with Crippen molar-refractivity contribution >= 4 is 186 Å². The Morgan fingerprint density at radius 2 is 0.615 bits per heavy atom. The van der Waals surface area contributed by atoms with E-state index in [4.69, 9.17) is 197 Å². The zero-order valence-corrected chi connectivity index (χ0v) is 29.5. The lowest BCUT2D eigenvalue weighted by Gasteiger charge is -2.70. The van der Waals surface area contributed by atoms with E-state index in [2.05, 4.69) is 0 Å². The van der Waals surface area contributed by atoms with Crippen LogP contribution in [0.25, 0.3) is 0 Å². The quantitative estimate of drug-likeness (QED) is 0.165. The lowest BCUT2D eigenvalue weighted by atomic mass is 9.54. The molecule has 232 valence electrons. The highest BCUT2D eigenvalue weighted by atomic mass is 35.6. The van der Waals surface area contributed by atoms with Crippen molar-refractivity contribution in [2.45, 2.75) is 70.9 Å². The summed E-state index contributed by atoms with van der Waals surface area (Å²) < 4.78 is 71.9. The van der Waals surface area contributed by atoms with Crippen molar-refractivity contribution in [3.8, 4) is 0 Å². The van der Waals surface area contributed by atoms with E-state index >= 15 is 26.3 Å². The molecule has 0 radical (unpaired) electrons. The number of nitrogens with two attached hydrogens (primary N) is 2. The second-order valence-corrected chi connectivity index (χ2v) is 19.6. The smallest absolute Gasteiger partial charge is 0.308 e. The van der Waals surface area contributed by atoms with Crippen LogP contribution in [0.1, 0.15) is 12.8 Å². The lowest BCUT2D eigenvalue weighted by Crippen LogP contribution is -2.90. The Balaban J connectivity index is 3.36. The Hall–Kier alpha value is 4.14. The van der Waals surface area contributed by atoms with Gasteiger partial charge in [0.25, 0.3) is 0 Å². The third kappa shape index (κ3) is 4.41. The van der Waals surface area contributed by atoms with E-state index in [-0.39, 0.29) is 0 Å². The summed E-state index contributed by atoms with van der Waals surface area (Å²) in [5.74, 6) is 0. The Kier molecular flexibility index (Phi) is 10.2. The molecule has 0 aromatic heterocycles. The maximum Gasteiger partial charge on any atom is 0.406 e. The fraction of sp³-hybridized carbons (Fsp3) is 1.00. The van der Waals surface area contributed by atoms with Gasteiger partial charge in [-0.3, -0.25) is 0 Å². The molecule has 0 spiro atoms. The van der Waals surface area contributed by atoms with Crippen LogP contribution in [0, 0.1) is 5.41 Å². The molecule has 2 saturated carbocycles. The predicted octanol–water partition coefficient (Wildman–Crippen LogP) is 10.7. The Bertz CT molecular complexity index is 945. The van der Waals surface area contributed by atoms with Crippen molar-refractivity contribution < 1.29 is 26.3 Å². The molecule has 4 N–H and O–H groups in total. The summed E-state index contributed by atoms with van der Waals surface area (Å²) in [6.07, 6.45) is -17.6. The fourth-order valence-electron chi connectivity index (χ4n) is 4.67. The van der Waals surface area contributed by atoms with Crippen molar-refractivity contribution in [1.29, 1.82) is 0 Å². The second-order valence-electron chi connectivity index (χ2n) is 8.83. The van der Waals surface area contributed by atoms with Crippen LogP contribution >= 0.6 is 186 Å². The van der Waals surface area contributed by atoms with Gasteiger partial charge in [0, 0.05) is 12.8 Å². The molecule has 24 heteroatoms. The first kappa shape index (κ1) is 39.3. The molecule has 0 aliphatic heterocycles. The molecule has 0 amide bonds. The van der Waals surface area contributed by atoms with Crippen molar-refractivity contribution in [1.82, 2.24) is 0 Å². The zero-order chi connectivity index (χ0) is 31.9. The minimum absolute atomic E-state index is 2.03. The van der Waals surface area contributed by atoms with Crippen LogP contribution in [0.15, 0.2) is 0 Å². The summed E-state index contributed by atoms with van der Waals surface area (Å²) in [6.45, 7) is 0. The molecule has 0 heterocycles. The first-order chi connectivity index (χ1) is 16.4. The van der Waals surface area contributed by atoms with Crippen molar-refractivity contribution in [2.75, 3.05) is 0 Å². The molecule has 0 aromatic rings. The first-order valence-electron chi connectivity index (χ1n) is 9.15. The van der Waals surface area contributed by atoms with E-state index in [1.807, 2.05) is 0 Å². The molecule has 39 heavy (non-hydrogen) atoms. The summed E-state index contributed by atoms with van der Waals surface area (Å²) in [5.41, 5.74) is 5.63. The predicted molar refractivity (Wildman–Crippen MR) is 153 cm³/mol. The third-order valence-corrected chi connectivity index (χ3v) is 17.8. The SMILES string of the molecule is NC1(Cl)C(Cl)(Cl)C(Cl)(Cl)CC(Cl)(C(C(F)(F)F)(C(F)(F)F)C2(Cl)CC(Cl)(Cl)C(Cl)(Cl)C(N)(Cl)C2(Cl)Cl)C1(Cl)Cl. The Morgan fingerprint density at radius 3 is 0.795 bits per heavy atom. The Labute approximate surface area is 296 Å². The largest absolute Gasteiger partial charge is 0.406 e. The average Bonchev–Trinajstić information content (AvgIpc) is 2.62. The normalized spacial score (nSPS) is 41.2. The van der Waals surface area contributed by atoms with Gasteiger partial charge in [0.05, 0.1) is 0 Å². The Morgan fingerprint density at radius 1 is 0.410 bits per heavy atom. The van der Waals surface area contributed by atoms with Crippen LogP contribution in [-0.4, -0.2) is 58.1 Å². The van der Waals surface area contributed by atoms with Gasteiger partial charge in [-0.2, -0.15) is 26.3 Å². The molecule has 2 fully saturated rings. The second kappa shape index (κ2) is 10.1. The highest BCUT2D eigenvalue weighted by Gasteiger charge is 2.99. The fourth-order valence-corrected chi connectivity index (χ4v) is 11.4. The number of hydrogen-bond donors (Lipinski definition) is 2. The number of alkyl halides is 22. The topological polar surface area (TPSA) is 52.0 Å². The summed E-state index contributed by atoms with van der Waals surface area (Å²) in [4.78, 5) is -16.1. The number of hydrogen-bond acceptors (Lipinski definition) is 2. The van der Waals surface area contributed by atoms with Gasteiger partial charge in [-0.05, 0) is 0 Å². The van der Waals surface area contributed by atoms with Gasteiger partial charge in [-0.25, -0.2) is 0 Å². The van der Waals surface area contributed by atoms with Gasteiger partial charge in [0.15, 0.2) is 36.0 Å². The minimum atomic E-state index is -6.79. The standard InChI is InChI=1S/C15H8Cl16F6N2/c16-3(1-5(18,19)10(26,27)12(30,38)8(3,22)23)7(14(32,33)34,15(35,36)37)4(17)2-6(20,21)11(28,29)13(31,39)9(4,24)25/h1-2,38-39H2. The summed E-state index contributed by atoms with van der Waals surface area (Å²) in [5, 5.41) is 0. The maximum absolute atomic E-state index is 15.4. The number of halogens is 22. The minimum Gasteiger partial charge on any atom is -0.308 e. The maximum atomic E-state index is 15.4. The van der Waals surface area contributed by atoms with Crippen LogP contribution in [0.2, 0.25) is 0 Å². The van der Waals surface area contributed by atoms with Crippen LogP contribution in [0.3, 0.4) is 0 Å².